The van der Waals surface area contributed by atoms with E-state index < -0.39 is 0 Å². The molecular formula is C24H26ClFN2O2. The van der Waals surface area contributed by atoms with E-state index in [4.69, 9.17) is 22.1 Å². The molecule has 3 aromatic rings. The van der Waals surface area contributed by atoms with Crippen LogP contribution in [0.25, 0.3) is 10.8 Å². The van der Waals surface area contributed by atoms with Crippen LogP contribution in [-0.4, -0.2) is 17.1 Å². The van der Waals surface area contributed by atoms with E-state index in [0.29, 0.717) is 16.2 Å². The first-order valence-electron chi connectivity index (χ1n) is 10.4. The maximum atomic E-state index is 13.5. The van der Waals surface area contributed by atoms with Crippen molar-refractivity contribution in [2.45, 2.75) is 56.6 Å². The Labute approximate surface area is 180 Å². The molecule has 3 N–H and O–H groups in total. The first-order valence-corrected chi connectivity index (χ1v) is 10.8. The van der Waals surface area contributed by atoms with Gasteiger partial charge in [0.1, 0.15) is 11.6 Å². The van der Waals surface area contributed by atoms with Crippen LogP contribution in [0.4, 0.5) is 4.39 Å². The minimum absolute atomic E-state index is 0.0000988. The largest absolute Gasteiger partial charge is 0.489 e. The van der Waals surface area contributed by atoms with Crippen LogP contribution in [0.1, 0.15) is 44.6 Å². The molecule has 0 saturated heterocycles. The summed E-state index contributed by atoms with van der Waals surface area (Å²) < 4.78 is 19.7. The summed E-state index contributed by atoms with van der Waals surface area (Å²) in [7, 11) is 0. The van der Waals surface area contributed by atoms with Crippen LogP contribution in [0.5, 0.6) is 5.75 Å². The number of aromatic amines is 1. The maximum absolute atomic E-state index is 13.5. The molecule has 1 atom stereocenters. The predicted octanol–water partition coefficient (Wildman–Crippen LogP) is 5.32. The number of ether oxygens (including phenoxy) is 1. The van der Waals surface area contributed by atoms with Gasteiger partial charge in [-0.1, -0.05) is 30.7 Å². The van der Waals surface area contributed by atoms with Crippen LogP contribution in [0, 0.1) is 5.82 Å². The van der Waals surface area contributed by atoms with Gasteiger partial charge in [-0.15, -0.1) is 0 Å². The van der Waals surface area contributed by atoms with Crippen molar-refractivity contribution in [3.05, 3.63) is 75.4 Å². The third-order valence-electron chi connectivity index (χ3n) is 6.51. The highest BCUT2D eigenvalue weighted by molar-refractivity contribution is 6.32. The number of nitrogens with one attached hydrogen (secondary N) is 1. The molecule has 1 aromatic heterocycles. The monoisotopic (exact) mass is 428 g/mol. The lowest BCUT2D eigenvalue weighted by molar-refractivity contribution is 0.104. The average molecular weight is 429 g/mol. The summed E-state index contributed by atoms with van der Waals surface area (Å²) in [4.78, 5) is 14.6. The zero-order chi connectivity index (χ0) is 21.3. The smallest absolute Gasteiger partial charge is 0.255 e. The predicted molar refractivity (Wildman–Crippen MR) is 119 cm³/mol. The number of aromatic nitrogens is 1. The van der Waals surface area contributed by atoms with E-state index >= 15 is 0 Å². The van der Waals surface area contributed by atoms with E-state index in [1.165, 1.54) is 12.1 Å². The van der Waals surface area contributed by atoms with Gasteiger partial charge in [0.25, 0.3) is 5.56 Å². The van der Waals surface area contributed by atoms with Crippen molar-refractivity contribution in [1.82, 2.24) is 4.98 Å². The van der Waals surface area contributed by atoms with Gasteiger partial charge in [-0.25, -0.2) is 4.39 Å². The summed E-state index contributed by atoms with van der Waals surface area (Å²) in [6, 6.07) is 12.1. The summed E-state index contributed by atoms with van der Waals surface area (Å²) in [6.45, 7) is 2.09. The molecular weight excluding hydrogens is 403 g/mol. The minimum Gasteiger partial charge on any atom is -0.489 e. The van der Waals surface area contributed by atoms with Gasteiger partial charge in [0.2, 0.25) is 0 Å². The summed E-state index contributed by atoms with van der Waals surface area (Å²) in [5.74, 6) is 0.356. The lowest BCUT2D eigenvalue weighted by Gasteiger charge is -2.44. The highest BCUT2D eigenvalue weighted by Crippen LogP contribution is 2.44. The zero-order valence-corrected chi connectivity index (χ0v) is 17.7. The van der Waals surface area contributed by atoms with Crippen molar-refractivity contribution < 1.29 is 9.13 Å². The Morgan fingerprint density at radius 3 is 2.60 bits per heavy atom. The van der Waals surface area contributed by atoms with E-state index in [2.05, 4.69) is 11.9 Å². The highest BCUT2D eigenvalue weighted by atomic mass is 35.5. The fourth-order valence-electron chi connectivity index (χ4n) is 4.73. The number of hydrogen-bond acceptors (Lipinski definition) is 3. The first kappa shape index (κ1) is 20.9. The molecule has 0 aliphatic heterocycles. The molecule has 1 heterocycles. The van der Waals surface area contributed by atoms with Crippen molar-refractivity contribution in [2.75, 3.05) is 0 Å². The van der Waals surface area contributed by atoms with Gasteiger partial charge in [0.05, 0.1) is 11.1 Å². The Kier molecular flexibility index (Phi) is 5.85. The number of hydrogen-bond donors (Lipinski definition) is 2. The molecule has 0 spiro atoms. The Bertz CT molecular complexity index is 1090. The lowest BCUT2D eigenvalue weighted by atomic mass is 9.64. The van der Waals surface area contributed by atoms with Crippen molar-refractivity contribution in [2.24, 2.45) is 5.73 Å². The molecule has 158 valence electrons. The number of rotatable bonds is 5. The van der Waals surface area contributed by atoms with Gasteiger partial charge >= 0.3 is 0 Å². The van der Waals surface area contributed by atoms with Crippen molar-refractivity contribution in [1.29, 1.82) is 0 Å². The van der Waals surface area contributed by atoms with Gasteiger partial charge in [0.15, 0.2) is 0 Å². The summed E-state index contributed by atoms with van der Waals surface area (Å²) in [5, 5.41) is 1.77. The van der Waals surface area contributed by atoms with Crippen LogP contribution in [-0.2, 0) is 5.41 Å². The fourth-order valence-corrected chi connectivity index (χ4v) is 4.94. The maximum Gasteiger partial charge on any atom is 0.255 e. The van der Waals surface area contributed by atoms with Gasteiger partial charge < -0.3 is 15.5 Å². The van der Waals surface area contributed by atoms with Crippen LogP contribution >= 0.6 is 11.6 Å². The summed E-state index contributed by atoms with van der Waals surface area (Å²) in [6.07, 6.45) is 5.87. The van der Waals surface area contributed by atoms with Gasteiger partial charge in [0, 0.05) is 23.0 Å². The lowest BCUT2D eigenvalue weighted by Crippen LogP contribution is -2.48. The van der Waals surface area contributed by atoms with Gasteiger partial charge in [-0.3, -0.25) is 4.79 Å². The normalized spacial score (nSPS) is 22.7. The molecule has 30 heavy (non-hydrogen) atoms. The van der Waals surface area contributed by atoms with Crippen LogP contribution < -0.4 is 16.0 Å². The summed E-state index contributed by atoms with van der Waals surface area (Å²) >= 11 is 6.40. The van der Waals surface area contributed by atoms with Crippen LogP contribution in [0.3, 0.4) is 0 Å². The van der Waals surface area contributed by atoms with E-state index in [0.717, 1.165) is 43.1 Å². The number of benzene rings is 2. The molecule has 1 aliphatic rings. The Morgan fingerprint density at radius 1 is 1.23 bits per heavy atom. The number of H-pyrrole nitrogens is 1. The van der Waals surface area contributed by atoms with E-state index in [-0.39, 0.29) is 28.9 Å². The van der Waals surface area contributed by atoms with Gasteiger partial charge in [-0.2, -0.15) is 0 Å². The Hall–Kier alpha value is -2.37. The van der Waals surface area contributed by atoms with E-state index in [1.54, 1.807) is 12.3 Å². The second kappa shape index (κ2) is 8.40. The number of nitrogens with two attached hydrogens (primary N) is 1. The third kappa shape index (κ3) is 3.84. The summed E-state index contributed by atoms with van der Waals surface area (Å²) in [5.41, 5.74) is 7.31. The molecule has 1 fully saturated rings. The molecule has 1 unspecified atom stereocenters. The molecule has 4 nitrogen and oxygen atoms in total. The molecule has 4 rings (SSSR count). The molecule has 6 heteroatoms. The zero-order valence-electron chi connectivity index (χ0n) is 17.0. The third-order valence-corrected chi connectivity index (χ3v) is 6.81. The molecule has 1 saturated carbocycles. The number of pyridine rings is 1. The topological polar surface area (TPSA) is 68.1 Å². The average Bonchev–Trinajstić information content (AvgIpc) is 2.76. The fraction of sp³-hybridized carbons (Fsp3) is 0.375. The van der Waals surface area contributed by atoms with Crippen molar-refractivity contribution in [3.63, 3.8) is 0 Å². The SMILES string of the molecule is CCC(N)[C@]1(c2ccc(F)cc2)CC[C@H](Oc2cc3cc[nH]c(=O)c3cc2Cl)CC1. The first-order chi connectivity index (χ1) is 14.4. The second-order valence-electron chi connectivity index (χ2n) is 8.17. The van der Waals surface area contributed by atoms with Crippen molar-refractivity contribution in [3.8, 4) is 5.75 Å². The molecule has 0 amide bonds. The van der Waals surface area contributed by atoms with Gasteiger partial charge in [-0.05, 0) is 73.4 Å². The quantitative estimate of drug-likeness (QED) is 0.578. The Morgan fingerprint density at radius 2 is 1.93 bits per heavy atom. The molecule has 1 aliphatic carbocycles. The Balaban J connectivity index is 1.55. The molecule has 2 aromatic carbocycles. The highest BCUT2D eigenvalue weighted by Gasteiger charge is 2.41. The van der Waals surface area contributed by atoms with Crippen LogP contribution in [0.2, 0.25) is 5.02 Å². The van der Waals surface area contributed by atoms with E-state index in [9.17, 15) is 9.18 Å². The van der Waals surface area contributed by atoms with Crippen molar-refractivity contribution >= 4 is 22.4 Å². The number of halogens is 2. The van der Waals surface area contributed by atoms with E-state index in [1.807, 2.05) is 24.3 Å². The number of fused-ring (bicyclic) bond motifs is 1. The van der Waals surface area contributed by atoms with Crippen LogP contribution in [0.15, 0.2) is 53.5 Å². The second-order valence-corrected chi connectivity index (χ2v) is 8.58. The molecule has 0 bridgehead atoms. The standard InChI is InChI=1S/C24H26ClFN2O2/c1-2-22(27)24(16-3-5-17(26)6-4-16)10-7-18(8-11-24)30-21-13-15-9-12-28-23(29)19(15)14-20(21)25/h3-6,9,12-14,18,22H,2,7-8,10-11,27H2,1H3,(H,28,29)/t18-,22?,24+. The minimum atomic E-state index is -0.235. The molecule has 0 radical (unpaired) electrons.